The Morgan fingerprint density at radius 3 is 1.88 bits per heavy atom. The Morgan fingerprint density at radius 2 is 1.38 bits per heavy atom. The number of hydrogen-bond acceptors (Lipinski definition) is 6. The van der Waals surface area contributed by atoms with E-state index >= 15 is 0 Å². The molecule has 0 spiro atoms. The van der Waals surface area contributed by atoms with Gasteiger partial charge in [0.05, 0.1) is 51.6 Å². The van der Waals surface area contributed by atoms with E-state index in [1.54, 1.807) is 7.05 Å². The van der Waals surface area contributed by atoms with Crippen molar-refractivity contribution in [3.05, 3.63) is 0 Å². The van der Waals surface area contributed by atoms with E-state index in [4.69, 9.17) is 18.9 Å². The predicted molar refractivity (Wildman–Crippen MR) is 103 cm³/mol. The summed E-state index contributed by atoms with van der Waals surface area (Å²) in [4.78, 5) is 24.5. The number of nitrogens with one attached hydrogen (secondary N) is 1. The zero-order chi connectivity index (χ0) is 19.5. The highest BCUT2D eigenvalue weighted by molar-refractivity contribution is 9.09. The van der Waals surface area contributed by atoms with Gasteiger partial charge in [-0.3, -0.25) is 9.59 Å². The first-order chi connectivity index (χ1) is 12.6. The van der Waals surface area contributed by atoms with E-state index in [1.165, 1.54) is 4.90 Å². The number of alkyl halides is 1. The molecule has 0 unspecified atom stereocenters. The Labute approximate surface area is 165 Å². The van der Waals surface area contributed by atoms with Crippen LogP contribution in [0.4, 0.5) is 0 Å². The summed E-state index contributed by atoms with van der Waals surface area (Å²) >= 11 is 3.09. The molecule has 9 heteroatoms. The number of carbonyl (C=O) groups is 2. The molecule has 1 N–H and O–H groups in total. The molecule has 154 valence electrons. The lowest BCUT2D eigenvalue weighted by Gasteiger charge is -2.15. The fourth-order valence-corrected chi connectivity index (χ4v) is 2.18. The SMILES string of the molecule is CCCOCCOCCOCCOCCNC(=O)CCN(C)C(=O)CBr. The summed E-state index contributed by atoms with van der Waals surface area (Å²) in [5.41, 5.74) is 0. The maximum atomic E-state index is 11.6. The number of nitrogens with zero attached hydrogens (tertiary/aromatic N) is 1. The van der Waals surface area contributed by atoms with Crippen molar-refractivity contribution in [1.82, 2.24) is 10.2 Å². The molecule has 0 heterocycles. The lowest BCUT2D eigenvalue weighted by Crippen LogP contribution is -2.34. The fraction of sp³-hybridized carbons (Fsp3) is 0.882. The number of amides is 2. The summed E-state index contributed by atoms with van der Waals surface area (Å²) in [7, 11) is 1.67. The molecule has 26 heavy (non-hydrogen) atoms. The van der Waals surface area contributed by atoms with Crippen molar-refractivity contribution in [2.75, 3.05) is 78.3 Å². The van der Waals surface area contributed by atoms with Crippen LogP contribution in [0.5, 0.6) is 0 Å². The lowest BCUT2D eigenvalue weighted by molar-refractivity contribution is -0.128. The Kier molecular flexibility index (Phi) is 18.5. The van der Waals surface area contributed by atoms with Crippen LogP contribution in [-0.4, -0.2) is 95.0 Å². The second-order valence-electron chi connectivity index (χ2n) is 5.50. The molecule has 8 nitrogen and oxygen atoms in total. The second kappa shape index (κ2) is 19.0. The van der Waals surface area contributed by atoms with Crippen LogP contribution < -0.4 is 5.32 Å². The molecule has 0 atom stereocenters. The maximum Gasteiger partial charge on any atom is 0.232 e. The number of carbonyl (C=O) groups excluding carboxylic acids is 2. The largest absolute Gasteiger partial charge is 0.379 e. The number of hydrogen-bond donors (Lipinski definition) is 1. The van der Waals surface area contributed by atoms with E-state index in [0.29, 0.717) is 59.3 Å². The molecule has 2 amide bonds. The van der Waals surface area contributed by atoms with Crippen LogP contribution in [0.1, 0.15) is 19.8 Å². The fourth-order valence-electron chi connectivity index (χ4n) is 1.75. The molecule has 0 bridgehead atoms. The average Bonchev–Trinajstić information content (AvgIpc) is 2.65. The zero-order valence-corrected chi connectivity index (χ0v) is 17.6. The summed E-state index contributed by atoms with van der Waals surface area (Å²) < 4.78 is 21.4. The van der Waals surface area contributed by atoms with Gasteiger partial charge in [0.25, 0.3) is 0 Å². The van der Waals surface area contributed by atoms with Gasteiger partial charge in [-0.05, 0) is 6.42 Å². The highest BCUT2D eigenvalue weighted by Crippen LogP contribution is 1.92. The average molecular weight is 441 g/mol. The Hall–Kier alpha value is -0.740. The quantitative estimate of drug-likeness (QED) is 0.251. The maximum absolute atomic E-state index is 11.6. The minimum absolute atomic E-state index is 0.0450. The van der Waals surface area contributed by atoms with Gasteiger partial charge in [-0.15, -0.1) is 0 Å². The summed E-state index contributed by atoms with van der Waals surface area (Å²) in [6.45, 7) is 7.33. The molecule has 0 aliphatic carbocycles. The number of ether oxygens (including phenoxy) is 4. The van der Waals surface area contributed by atoms with E-state index in [9.17, 15) is 9.59 Å². The van der Waals surface area contributed by atoms with Gasteiger partial charge in [0.15, 0.2) is 0 Å². The first-order valence-electron chi connectivity index (χ1n) is 8.99. The summed E-state index contributed by atoms with van der Waals surface area (Å²) in [5, 5.41) is 3.01. The molecule has 0 saturated carbocycles. The van der Waals surface area contributed by atoms with Gasteiger partial charge in [-0.25, -0.2) is 0 Å². The third kappa shape index (κ3) is 16.7. The zero-order valence-electron chi connectivity index (χ0n) is 16.0. The standard InChI is InChI=1S/C17H33BrN2O6/c1-3-7-23-9-11-25-13-14-26-12-10-24-8-5-19-16(21)4-6-20(2)17(22)15-18/h3-15H2,1-2H3,(H,19,21). The summed E-state index contributed by atoms with van der Waals surface area (Å²) in [6, 6.07) is 0. The molecular formula is C17H33BrN2O6. The van der Waals surface area contributed by atoms with Gasteiger partial charge in [-0.2, -0.15) is 0 Å². The van der Waals surface area contributed by atoms with Crippen LogP contribution in [0.2, 0.25) is 0 Å². The van der Waals surface area contributed by atoms with Gasteiger partial charge >= 0.3 is 0 Å². The topological polar surface area (TPSA) is 86.3 Å². The van der Waals surface area contributed by atoms with Crippen molar-refractivity contribution >= 4 is 27.7 Å². The van der Waals surface area contributed by atoms with E-state index in [1.807, 2.05) is 0 Å². The van der Waals surface area contributed by atoms with Crippen LogP contribution in [0, 0.1) is 0 Å². The molecule has 0 rings (SSSR count). The third-order valence-corrected chi connectivity index (χ3v) is 3.73. The summed E-state index contributed by atoms with van der Waals surface area (Å²) in [5.74, 6) is -0.143. The third-order valence-electron chi connectivity index (χ3n) is 3.25. The Balaban J connectivity index is 3.26. The normalized spacial score (nSPS) is 10.7. The number of halogens is 1. The van der Waals surface area contributed by atoms with E-state index in [0.717, 1.165) is 13.0 Å². The van der Waals surface area contributed by atoms with Crippen LogP contribution >= 0.6 is 15.9 Å². The first kappa shape index (κ1) is 25.3. The molecule has 0 aliphatic rings. The second-order valence-corrected chi connectivity index (χ2v) is 6.06. The molecule has 0 aromatic heterocycles. The van der Waals surface area contributed by atoms with E-state index in [2.05, 4.69) is 28.2 Å². The van der Waals surface area contributed by atoms with Gasteiger partial charge in [0.1, 0.15) is 0 Å². The highest BCUT2D eigenvalue weighted by atomic mass is 79.9. The first-order valence-corrected chi connectivity index (χ1v) is 10.1. The van der Waals surface area contributed by atoms with Crippen molar-refractivity contribution in [2.24, 2.45) is 0 Å². The van der Waals surface area contributed by atoms with Crippen LogP contribution in [-0.2, 0) is 28.5 Å². The number of rotatable bonds is 18. The van der Waals surface area contributed by atoms with Gasteiger partial charge in [-0.1, -0.05) is 22.9 Å². The predicted octanol–water partition coefficient (Wildman–Crippen LogP) is 0.822. The molecule has 0 radical (unpaired) electrons. The molecule has 0 aromatic carbocycles. The van der Waals surface area contributed by atoms with Crippen molar-refractivity contribution in [3.63, 3.8) is 0 Å². The van der Waals surface area contributed by atoms with Crippen molar-refractivity contribution < 1.29 is 28.5 Å². The monoisotopic (exact) mass is 440 g/mol. The van der Waals surface area contributed by atoms with Gasteiger partial charge in [0, 0.05) is 33.2 Å². The van der Waals surface area contributed by atoms with Crippen LogP contribution in [0.25, 0.3) is 0 Å². The summed E-state index contributed by atoms with van der Waals surface area (Å²) in [6.07, 6.45) is 1.30. The van der Waals surface area contributed by atoms with Crippen molar-refractivity contribution in [2.45, 2.75) is 19.8 Å². The minimum atomic E-state index is -0.0980. The van der Waals surface area contributed by atoms with Gasteiger partial charge in [0.2, 0.25) is 11.8 Å². The van der Waals surface area contributed by atoms with E-state index < -0.39 is 0 Å². The highest BCUT2D eigenvalue weighted by Gasteiger charge is 2.08. The molecule has 0 aliphatic heterocycles. The molecule has 0 fully saturated rings. The molecule has 0 aromatic rings. The molecular weight excluding hydrogens is 408 g/mol. The Morgan fingerprint density at radius 1 is 0.885 bits per heavy atom. The van der Waals surface area contributed by atoms with Crippen molar-refractivity contribution in [1.29, 1.82) is 0 Å². The smallest absolute Gasteiger partial charge is 0.232 e. The lowest BCUT2D eigenvalue weighted by atomic mass is 10.3. The van der Waals surface area contributed by atoms with Gasteiger partial charge < -0.3 is 29.2 Å². The van der Waals surface area contributed by atoms with Crippen molar-refractivity contribution in [3.8, 4) is 0 Å². The van der Waals surface area contributed by atoms with Crippen LogP contribution in [0.15, 0.2) is 0 Å². The van der Waals surface area contributed by atoms with Crippen LogP contribution in [0.3, 0.4) is 0 Å². The van der Waals surface area contributed by atoms with E-state index in [-0.39, 0.29) is 23.6 Å². The minimum Gasteiger partial charge on any atom is -0.379 e. The Bertz CT molecular complexity index is 360. The molecule has 0 saturated heterocycles.